The van der Waals surface area contributed by atoms with E-state index in [9.17, 15) is 9.59 Å². The maximum Gasteiger partial charge on any atom is 0.332 e. The largest absolute Gasteiger partial charge is 0.396 e. The van der Waals surface area contributed by atoms with E-state index in [-0.39, 0.29) is 29.7 Å². The number of hydrogen-bond donors (Lipinski definition) is 1. The van der Waals surface area contributed by atoms with Gasteiger partial charge in [0.1, 0.15) is 0 Å². The lowest BCUT2D eigenvalue weighted by atomic mass is 10.3. The zero-order valence-corrected chi connectivity index (χ0v) is 15.1. The first kappa shape index (κ1) is 18.7. The van der Waals surface area contributed by atoms with Gasteiger partial charge in [-0.15, -0.1) is 0 Å². The number of aliphatic hydroxyl groups is 1. The number of aliphatic hydroxyl groups excluding tert-OH is 1. The normalized spacial score (nSPS) is 11.5. The minimum Gasteiger partial charge on any atom is -0.396 e. The van der Waals surface area contributed by atoms with E-state index < -0.39 is 0 Å². The van der Waals surface area contributed by atoms with E-state index in [0.29, 0.717) is 37.1 Å². The lowest BCUT2D eigenvalue weighted by Crippen LogP contribution is -2.40. The van der Waals surface area contributed by atoms with E-state index in [1.54, 1.807) is 9.13 Å². The topological polar surface area (TPSA) is 82.0 Å². The first-order valence-corrected chi connectivity index (χ1v) is 8.94. The fourth-order valence-corrected chi connectivity index (χ4v) is 3.04. The van der Waals surface area contributed by atoms with Crippen molar-refractivity contribution in [2.75, 3.05) is 6.61 Å². The molecular weight excluding hydrogens is 332 g/mol. The second kappa shape index (κ2) is 8.48. The molecule has 2 aromatic heterocycles. The molecule has 0 aliphatic heterocycles. The third-order valence-corrected chi connectivity index (χ3v) is 4.33. The van der Waals surface area contributed by atoms with Crippen molar-refractivity contribution in [1.29, 1.82) is 0 Å². The minimum atomic E-state index is -0.353. The number of aromatic nitrogens is 4. The van der Waals surface area contributed by atoms with E-state index >= 15 is 0 Å². The van der Waals surface area contributed by atoms with Gasteiger partial charge >= 0.3 is 5.69 Å². The molecule has 0 aliphatic carbocycles. The summed E-state index contributed by atoms with van der Waals surface area (Å²) in [6.45, 7) is 5.45. The molecule has 0 radical (unpaired) electrons. The molecule has 0 unspecified atom stereocenters. The van der Waals surface area contributed by atoms with Gasteiger partial charge in [0.15, 0.2) is 11.2 Å². The summed E-state index contributed by atoms with van der Waals surface area (Å²) in [6, 6.07) is 0. The van der Waals surface area contributed by atoms with Crippen molar-refractivity contribution < 1.29 is 5.11 Å². The Morgan fingerprint density at radius 2 is 1.67 bits per heavy atom. The monoisotopic (exact) mass is 356 g/mol. The smallest absolute Gasteiger partial charge is 0.332 e. The van der Waals surface area contributed by atoms with E-state index in [2.05, 4.69) is 4.98 Å². The van der Waals surface area contributed by atoms with E-state index in [1.165, 1.54) is 4.57 Å². The van der Waals surface area contributed by atoms with Crippen molar-refractivity contribution in [3.63, 3.8) is 0 Å². The third-order valence-electron chi connectivity index (χ3n) is 4.04. The van der Waals surface area contributed by atoms with Crippen LogP contribution in [0.4, 0.5) is 0 Å². The summed E-state index contributed by atoms with van der Waals surface area (Å²) in [5.41, 5.74) is 0.0575. The standard InChI is InChI=1S/C16H25ClN4O3/c1-3-5-9-20-13-12(19(8-4-2)15(17)18-13)14(23)21(16(20)24)10-6-7-11-22/h22H,3-11H2,1-2H3. The predicted octanol–water partition coefficient (Wildman–Crippen LogP) is 2.00. The van der Waals surface area contributed by atoms with Gasteiger partial charge in [0.05, 0.1) is 0 Å². The maximum atomic E-state index is 12.8. The molecule has 0 amide bonds. The van der Waals surface area contributed by atoms with Crippen LogP contribution in [-0.4, -0.2) is 30.4 Å². The second-order valence-corrected chi connectivity index (χ2v) is 6.22. The van der Waals surface area contributed by atoms with Gasteiger partial charge in [0.2, 0.25) is 5.28 Å². The van der Waals surface area contributed by atoms with Crippen LogP contribution in [0.3, 0.4) is 0 Å². The summed E-state index contributed by atoms with van der Waals surface area (Å²) in [7, 11) is 0. The Balaban J connectivity index is 2.69. The zero-order chi connectivity index (χ0) is 17.7. The summed E-state index contributed by atoms with van der Waals surface area (Å²) in [4.78, 5) is 29.9. The summed E-state index contributed by atoms with van der Waals surface area (Å²) >= 11 is 6.21. The summed E-state index contributed by atoms with van der Waals surface area (Å²) in [5, 5.41) is 9.18. The van der Waals surface area contributed by atoms with Gasteiger partial charge in [-0.1, -0.05) is 20.3 Å². The van der Waals surface area contributed by atoms with Gasteiger partial charge in [-0.2, -0.15) is 4.98 Å². The molecule has 0 fully saturated rings. The summed E-state index contributed by atoms with van der Waals surface area (Å²) < 4.78 is 4.48. The molecule has 8 heteroatoms. The van der Waals surface area contributed by atoms with Crippen molar-refractivity contribution >= 4 is 22.8 Å². The summed E-state index contributed by atoms with van der Waals surface area (Å²) in [6.07, 6.45) is 3.68. The van der Waals surface area contributed by atoms with Gasteiger partial charge in [-0.05, 0) is 37.3 Å². The van der Waals surface area contributed by atoms with Gasteiger partial charge in [0.25, 0.3) is 5.56 Å². The van der Waals surface area contributed by atoms with Crippen LogP contribution in [0.15, 0.2) is 9.59 Å². The second-order valence-electron chi connectivity index (χ2n) is 5.88. The number of imidazole rings is 1. The Morgan fingerprint density at radius 1 is 0.958 bits per heavy atom. The van der Waals surface area contributed by atoms with E-state index in [0.717, 1.165) is 19.3 Å². The Labute approximate surface area is 145 Å². The number of rotatable bonds is 9. The van der Waals surface area contributed by atoms with E-state index in [1.807, 2.05) is 13.8 Å². The van der Waals surface area contributed by atoms with Crippen LogP contribution in [0, 0.1) is 0 Å². The quantitative estimate of drug-likeness (QED) is 0.550. The van der Waals surface area contributed by atoms with Gasteiger partial charge in [0, 0.05) is 26.2 Å². The molecule has 0 bridgehead atoms. The van der Waals surface area contributed by atoms with Crippen molar-refractivity contribution in [3.05, 3.63) is 26.1 Å². The highest BCUT2D eigenvalue weighted by atomic mass is 35.5. The fraction of sp³-hybridized carbons (Fsp3) is 0.688. The van der Waals surface area contributed by atoms with Crippen LogP contribution in [0.1, 0.15) is 46.0 Å². The molecular formula is C16H25ClN4O3. The number of aryl methyl sites for hydroxylation is 2. The van der Waals surface area contributed by atoms with Gasteiger partial charge in [-0.25, -0.2) is 4.79 Å². The molecule has 0 aliphatic rings. The minimum absolute atomic E-state index is 0.0423. The Morgan fingerprint density at radius 3 is 2.29 bits per heavy atom. The molecule has 0 spiro atoms. The van der Waals surface area contributed by atoms with Crippen LogP contribution in [-0.2, 0) is 19.6 Å². The first-order valence-electron chi connectivity index (χ1n) is 8.57. The number of halogens is 1. The van der Waals surface area contributed by atoms with Crippen molar-refractivity contribution in [3.8, 4) is 0 Å². The highest BCUT2D eigenvalue weighted by Crippen LogP contribution is 2.17. The molecule has 2 aromatic rings. The number of nitrogens with zero attached hydrogens (tertiary/aromatic N) is 4. The number of hydrogen-bond acceptors (Lipinski definition) is 4. The van der Waals surface area contributed by atoms with Crippen LogP contribution in [0.25, 0.3) is 11.2 Å². The molecule has 0 saturated carbocycles. The molecule has 1 N–H and O–H groups in total. The van der Waals surface area contributed by atoms with Gasteiger partial charge in [-0.3, -0.25) is 13.9 Å². The molecule has 7 nitrogen and oxygen atoms in total. The van der Waals surface area contributed by atoms with Crippen LogP contribution >= 0.6 is 11.6 Å². The first-order chi connectivity index (χ1) is 11.6. The molecule has 2 rings (SSSR count). The molecule has 0 aromatic carbocycles. The predicted molar refractivity (Wildman–Crippen MR) is 94.8 cm³/mol. The van der Waals surface area contributed by atoms with Gasteiger partial charge < -0.3 is 9.67 Å². The summed E-state index contributed by atoms with van der Waals surface area (Å²) in [5.74, 6) is 0. The number of fused-ring (bicyclic) bond motifs is 1. The molecule has 0 atom stereocenters. The van der Waals surface area contributed by atoms with Crippen molar-refractivity contribution in [2.24, 2.45) is 0 Å². The van der Waals surface area contributed by atoms with Crippen molar-refractivity contribution in [1.82, 2.24) is 18.7 Å². The molecule has 0 saturated heterocycles. The average Bonchev–Trinajstić information content (AvgIpc) is 2.88. The highest BCUT2D eigenvalue weighted by Gasteiger charge is 2.20. The van der Waals surface area contributed by atoms with Crippen LogP contribution < -0.4 is 11.2 Å². The lowest BCUT2D eigenvalue weighted by molar-refractivity contribution is 0.280. The highest BCUT2D eigenvalue weighted by molar-refractivity contribution is 6.29. The Bertz CT molecular complexity index is 806. The molecule has 134 valence electrons. The fourth-order valence-electron chi connectivity index (χ4n) is 2.79. The Kier molecular flexibility index (Phi) is 6.62. The third kappa shape index (κ3) is 3.57. The van der Waals surface area contributed by atoms with Crippen molar-refractivity contribution in [2.45, 2.75) is 65.6 Å². The van der Waals surface area contributed by atoms with Crippen LogP contribution in [0.5, 0.6) is 0 Å². The molecule has 2 heterocycles. The molecule has 24 heavy (non-hydrogen) atoms. The van der Waals surface area contributed by atoms with E-state index in [4.69, 9.17) is 16.7 Å². The average molecular weight is 357 g/mol. The zero-order valence-electron chi connectivity index (χ0n) is 14.3. The Hall–Kier alpha value is -1.60. The number of unbranched alkanes of at least 4 members (excludes halogenated alkanes) is 2. The van der Waals surface area contributed by atoms with Crippen LogP contribution in [0.2, 0.25) is 5.28 Å². The SMILES string of the molecule is CCCCn1c(=O)n(CCCCO)c(=O)c2c1nc(Cl)n2CCC. The lowest BCUT2D eigenvalue weighted by Gasteiger charge is -2.12. The maximum absolute atomic E-state index is 12.8.